The number of aliphatic hydroxyl groups is 1. The van der Waals surface area contributed by atoms with Crippen LogP contribution in [0.5, 0.6) is 0 Å². The largest absolute Gasteiger partial charge is 0.391 e. The van der Waals surface area contributed by atoms with Crippen molar-refractivity contribution in [3.63, 3.8) is 0 Å². The quantitative estimate of drug-likeness (QED) is 0.875. The van der Waals surface area contributed by atoms with Crippen molar-refractivity contribution in [2.45, 2.75) is 38.3 Å². The Morgan fingerprint density at radius 1 is 1.41 bits per heavy atom. The first-order valence-corrected chi connectivity index (χ1v) is 6.38. The van der Waals surface area contributed by atoms with E-state index in [4.69, 9.17) is 11.6 Å². The molecule has 1 aromatic carbocycles. The van der Waals surface area contributed by atoms with Crippen LogP contribution in [0.3, 0.4) is 0 Å². The van der Waals surface area contributed by atoms with Crippen LogP contribution in [0.4, 0.5) is 0 Å². The van der Waals surface area contributed by atoms with E-state index in [0.717, 1.165) is 17.0 Å². The normalized spacial score (nSPS) is 16.9. The number of hydrogen-bond donors (Lipinski definition) is 1. The van der Waals surface area contributed by atoms with Crippen LogP contribution in [-0.2, 0) is 6.42 Å². The van der Waals surface area contributed by atoms with Crippen molar-refractivity contribution < 1.29 is 5.11 Å². The van der Waals surface area contributed by atoms with Crippen LogP contribution in [-0.4, -0.2) is 35.7 Å². The summed E-state index contributed by atoms with van der Waals surface area (Å²) < 4.78 is 0. The van der Waals surface area contributed by atoms with E-state index in [0.29, 0.717) is 6.42 Å². The van der Waals surface area contributed by atoms with Crippen LogP contribution in [0.25, 0.3) is 0 Å². The van der Waals surface area contributed by atoms with Gasteiger partial charge in [0.05, 0.1) is 6.10 Å². The molecule has 1 rings (SSSR count). The van der Waals surface area contributed by atoms with Gasteiger partial charge in [-0.25, -0.2) is 0 Å². The Morgan fingerprint density at radius 2 is 2.06 bits per heavy atom. The third-order valence-corrected chi connectivity index (χ3v) is 4.01. The summed E-state index contributed by atoms with van der Waals surface area (Å²) in [6.45, 7) is 4.18. The predicted molar refractivity (Wildman–Crippen MR) is 73.5 cm³/mol. The lowest BCUT2D eigenvalue weighted by molar-refractivity contribution is 0.00301. The summed E-state index contributed by atoms with van der Waals surface area (Å²) in [6.07, 6.45) is 1.13. The average molecular weight is 256 g/mol. The minimum atomic E-state index is -0.402. The van der Waals surface area contributed by atoms with Gasteiger partial charge in [-0.15, -0.1) is 0 Å². The summed E-state index contributed by atoms with van der Waals surface area (Å²) in [5.41, 5.74) is 0.869. The second-order valence-corrected chi connectivity index (χ2v) is 5.39. The molecule has 0 aromatic heterocycles. The van der Waals surface area contributed by atoms with E-state index < -0.39 is 6.10 Å². The van der Waals surface area contributed by atoms with Gasteiger partial charge in [-0.2, -0.15) is 0 Å². The lowest BCUT2D eigenvalue weighted by Gasteiger charge is -2.40. The van der Waals surface area contributed by atoms with E-state index in [1.54, 1.807) is 0 Å². The standard InChI is InChI=1S/C14H22ClNO/c1-5-14(2,16(3)4)13(17)10-11-7-6-8-12(15)9-11/h6-9,13,17H,5,10H2,1-4H3. The Morgan fingerprint density at radius 3 is 2.53 bits per heavy atom. The van der Waals surface area contributed by atoms with E-state index in [9.17, 15) is 5.11 Å². The zero-order valence-electron chi connectivity index (χ0n) is 11.1. The van der Waals surface area contributed by atoms with Gasteiger partial charge in [-0.05, 0) is 45.1 Å². The fourth-order valence-corrected chi connectivity index (χ4v) is 2.17. The van der Waals surface area contributed by atoms with Crippen molar-refractivity contribution in [1.82, 2.24) is 4.90 Å². The fraction of sp³-hybridized carbons (Fsp3) is 0.571. The van der Waals surface area contributed by atoms with Crippen molar-refractivity contribution in [3.05, 3.63) is 34.9 Å². The second-order valence-electron chi connectivity index (χ2n) is 4.95. The summed E-state index contributed by atoms with van der Waals surface area (Å²) in [7, 11) is 4.01. The Kier molecular flexibility index (Phi) is 4.99. The summed E-state index contributed by atoms with van der Waals surface area (Å²) >= 11 is 5.95. The van der Waals surface area contributed by atoms with Crippen molar-refractivity contribution in [2.24, 2.45) is 0 Å². The number of aliphatic hydroxyl groups excluding tert-OH is 1. The number of hydrogen-bond acceptors (Lipinski definition) is 2. The van der Waals surface area contributed by atoms with Gasteiger partial charge in [0.1, 0.15) is 0 Å². The lowest BCUT2D eigenvalue weighted by atomic mass is 9.86. The lowest BCUT2D eigenvalue weighted by Crippen LogP contribution is -2.51. The minimum Gasteiger partial charge on any atom is -0.391 e. The molecule has 0 aliphatic heterocycles. The van der Waals surface area contributed by atoms with E-state index in [1.165, 1.54) is 0 Å². The highest BCUT2D eigenvalue weighted by molar-refractivity contribution is 6.30. The molecule has 0 aliphatic carbocycles. The molecule has 3 heteroatoms. The Hall–Kier alpha value is -0.570. The van der Waals surface area contributed by atoms with Gasteiger partial charge in [0.2, 0.25) is 0 Å². The van der Waals surface area contributed by atoms with Gasteiger partial charge in [0.15, 0.2) is 0 Å². The molecule has 0 fully saturated rings. The Balaban J connectivity index is 2.81. The molecule has 1 aromatic rings. The first-order valence-electron chi connectivity index (χ1n) is 6.00. The molecule has 0 radical (unpaired) electrons. The van der Waals surface area contributed by atoms with Crippen LogP contribution < -0.4 is 0 Å². The molecule has 2 unspecified atom stereocenters. The molecule has 0 amide bonds. The van der Waals surface area contributed by atoms with E-state index in [2.05, 4.69) is 18.7 Å². The van der Waals surface area contributed by atoms with E-state index in [1.807, 2.05) is 38.4 Å². The van der Waals surface area contributed by atoms with E-state index in [-0.39, 0.29) is 5.54 Å². The second kappa shape index (κ2) is 5.85. The highest BCUT2D eigenvalue weighted by Gasteiger charge is 2.33. The van der Waals surface area contributed by atoms with Gasteiger partial charge in [-0.1, -0.05) is 30.7 Å². The molecule has 17 heavy (non-hydrogen) atoms. The zero-order chi connectivity index (χ0) is 13.1. The highest BCUT2D eigenvalue weighted by Crippen LogP contribution is 2.24. The topological polar surface area (TPSA) is 23.5 Å². The summed E-state index contributed by atoms with van der Waals surface area (Å²) in [6, 6.07) is 7.68. The van der Waals surface area contributed by atoms with Crippen LogP contribution >= 0.6 is 11.6 Å². The Labute approximate surface area is 109 Å². The maximum absolute atomic E-state index is 10.4. The Bertz CT molecular complexity index is 367. The van der Waals surface area contributed by atoms with Crippen LogP contribution in [0.1, 0.15) is 25.8 Å². The minimum absolute atomic E-state index is 0.206. The number of rotatable bonds is 5. The SMILES string of the molecule is CCC(C)(C(O)Cc1cccc(Cl)c1)N(C)C. The molecule has 1 N–H and O–H groups in total. The molecule has 0 bridgehead atoms. The summed E-state index contributed by atoms with van der Waals surface area (Å²) in [5.74, 6) is 0. The molecule has 2 nitrogen and oxygen atoms in total. The van der Waals surface area contributed by atoms with Gasteiger partial charge >= 0.3 is 0 Å². The first-order chi connectivity index (χ1) is 7.90. The van der Waals surface area contributed by atoms with Gasteiger partial charge in [0.25, 0.3) is 0 Å². The zero-order valence-corrected chi connectivity index (χ0v) is 11.8. The average Bonchev–Trinajstić information content (AvgIpc) is 2.27. The smallest absolute Gasteiger partial charge is 0.0761 e. The van der Waals surface area contributed by atoms with Crippen LogP contribution in [0, 0.1) is 0 Å². The van der Waals surface area contributed by atoms with Crippen molar-refractivity contribution >= 4 is 11.6 Å². The van der Waals surface area contributed by atoms with Gasteiger partial charge in [-0.3, -0.25) is 0 Å². The van der Waals surface area contributed by atoms with Crippen molar-refractivity contribution in [3.8, 4) is 0 Å². The van der Waals surface area contributed by atoms with Gasteiger partial charge in [0, 0.05) is 17.0 Å². The van der Waals surface area contributed by atoms with Crippen LogP contribution in [0.15, 0.2) is 24.3 Å². The molecule has 2 atom stereocenters. The van der Waals surface area contributed by atoms with Crippen molar-refractivity contribution in [2.75, 3.05) is 14.1 Å². The van der Waals surface area contributed by atoms with E-state index >= 15 is 0 Å². The third-order valence-electron chi connectivity index (χ3n) is 3.77. The van der Waals surface area contributed by atoms with Crippen molar-refractivity contribution in [1.29, 1.82) is 0 Å². The summed E-state index contributed by atoms with van der Waals surface area (Å²) in [5, 5.41) is 11.1. The number of likely N-dealkylation sites (N-methyl/N-ethyl adjacent to an activating group) is 1. The highest BCUT2D eigenvalue weighted by atomic mass is 35.5. The van der Waals surface area contributed by atoms with Gasteiger partial charge < -0.3 is 10.0 Å². The maximum Gasteiger partial charge on any atom is 0.0761 e. The molecule has 0 saturated heterocycles. The first kappa shape index (κ1) is 14.5. The number of nitrogens with zero attached hydrogens (tertiary/aromatic N) is 1. The fourth-order valence-electron chi connectivity index (χ4n) is 1.96. The monoisotopic (exact) mass is 255 g/mol. The molecule has 0 heterocycles. The van der Waals surface area contributed by atoms with Crippen LogP contribution in [0.2, 0.25) is 5.02 Å². The molecular formula is C14H22ClNO. The molecule has 96 valence electrons. The molecule has 0 spiro atoms. The number of benzene rings is 1. The molecule has 0 saturated carbocycles. The third kappa shape index (κ3) is 3.44. The molecule has 0 aliphatic rings. The number of halogens is 1. The maximum atomic E-state index is 10.4. The predicted octanol–water partition coefficient (Wildman–Crippen LogP) is 2.97. The summed E-state index contributed by atoms with van der Waals surface area (Å²) in [4.78, 5) is 2.09. The molecular weight excluding hydrogens is 234 g/mol.